The third-order valence-corrected chi connectivity index (χ3v) is 4.75. The molecule has 1 saturated carbocycles. The van der Waals surface area contributed by atoms with E-state index in [2.05, 4.69) is 24.1 Å². The van der Waals surface area contributed by atoms with Crippen LogP contribution in [-0.2, 0) is 4.74 Å². The number of hydrogen-bond acceptors (Lipinski definition) is 5. The van der Waals surface area contributed by atoms with Crippen LogP contribution in [0.5, 0.6) is 0 Å². The van der Waals surface area contributed by atoms with Gasteiger partial charge in [0.2, 0.25) is 0 Å². The number of hydrogen-bond donors (Lipinski definition) is 1. The third kappa shape index (κ3) is 3.72. The normalized spacial score (nSPS) is 22.8. The first-order valence-electron chi connectivity index (χ1n) is 7.51. The first-order chi connectivity index (χ1) is 9.61. The Kier molecular flexibility index (Phi) is 5.40. The van der Waals surface area contributed by atoms with Crippen LogP contribution >= 0.6 is 11.3 Å². The molecule has 112 valence electrons. The smallest absolute Gasteiger partial charge is 0.357 e. The number of nitrogens with zero attached hydrogens (tertiary/aromatic N) is 1. The Bertz CT molecular complexity index is 445. The summed E-state index contributed by atoms with van der Waals surface area (Å²) in [6.45, 7) is 6.77. The number of anilines is 1. The van der Waals surface area contributed by atoms with Crippen molar-refractivity contribution >= 4 is 22.4 Å². The lowest BCUT2D eigenvalue weighted by Gasteiger charge is -2.34. The second-order valence-corrected chi connectivity index (χ2v) is 6.56. The molecule has 1 N–H and O–H groups in total. The maximum absolute atomic E-state index is 11.6. The number of ether oxygens (including phenoxy) is 1. The summed E-state index contributed by atoms with van der Waals surface area (Å²) in [5.41, 5.74) is 0.413. The van der Waals surface area contributed by atoms with Crippen molar-refractivity contribution in [2.24, 2.45) is 11.8 Å². The van der Waals surface area contributed by atoms with Crippen LogP contribution in [0.4, 0.5) is 5.13 Å². The summed E-state index contributed by atoms with van der Waals surface area (Å²) in [5, 5.41) is 6.14. The van der Waals surface area contributed by atoms with Gasteiger partial charge < -0.3 is 10.1 Å². The van der Waals surface area contributed by atoms with Crippen molar-refractivity contribution in [1.82, 2.24) is 4.98 Å². The molecular formula is C15H24N2O2S. The van der Waals surface area contributed by atoms with E-state index in [1.54, 1.807) is 12.3 Å². The maximum atomic E-state index is 11.6. The van der Waals surface area contributed by atoms with Gasteiger partial charge in [0.25, 0.3) is 0 Å². The van der Waals surface area contributed by atoms with E-state index in [0.717, 1.165) is 5.13 Å². The van der Waals surface area contributed by atoms with E-state index in [9.17, 15) is 4.79 Å². The molecule has 0 radical (unpaired) electrons. The summed E-state index contributed by atoms with van der Waals surface area (Å²) < 4.78 is 4.97. The first kappa shape index (κ1) is 15.3. The van der Waals surface area contributed by atoms with Crippen LogP contribution in [0.3, 0.4) is 0 Å². The number of nitrogens with one attached hydrogen (secondary N) is 1. The second kappa shape index (κ2) is 7.07. The van der Waals surface area contributed by atoms with Crippen LogP contribution in [0, 0.1) is 11.8 Å². The van der Waals surface area contributed by atoms with Gasteiger partial charge in [0.1, 0.15) is 0 Å². The number of rotatable bonds is 5. The van der Waals surface area contributed by atoms with E-state index in [1.807, 2.05) is 0 Å². The maximum Gasteiger partial charge on any atom is 0.357 e. The van der Waals surface area contributed by atoms with Crippen molar-refractivity contribution in [3.63, 3.8) is 0 Å². The lowest BCUT2D eigenvalue weighted by molar-refractivity contribution is 0.0520. The Morgan fingerprint density at radius 1 is 1.50 bits per heavy atom. The fourth-order valence-corrected chi connectivity index (χ4v) is 3.68. The highest BCUT2D eigenvalue weighted by Crippen LogP contribution is 2.32. The molecule has 20 heavy (non-hydrogen) atoms. The minimum Gasteiger partial charge on any atom is -0.461 e. The molecule has 2 unspecified atom stereocenters. The zero-order valence-electron chi connectivity index (χ0n) is 12.5. The fourth-order valence-electron chi connectivity index (χ4n) is 2.93. The van der Waals surface area contributed by atoms with Crippen LogP contribution in [0.25, 0.3) is 0 Å². The SMILES string of the molecule is CCOC(=O)c1csc(NC2CCCCC2C(C)C)n1. The van der Waals surface area contributed by atoms with Crippen molar-refractivity contribution in [2.75, 3.05) is 11.9 Å². The van der Waals surface area contributed by atoms with E-state index in [1.165, 1.54) is 37.0 Å². The summed E-state index contributed by atoms with van der Waals surface area (Å²) in [6.07, 6.45) is 5.08. The zero-order valence-corrected chi connectivity index (χ0v) is 13.3. The minimum absolute atomic E-state index is 0.333. The van der Waals surface area contributed by atoms with Gasteiger partial charge in [0.15, 0.2) is 10.8 Å². The molecule has 1 aromatic heterocycles. The summed E-state index contributed by atoms with van der Waals surface area (Å²) in [5.74, 6) is 1.04. The van der Waals surface area contributed by atoms with Crippen LogP contribution in [0.1, 0.15) is 56.9 Å². The van der Waals surface area contributed by atoms with E-state index < -0.39 is 0 Å². The molecule has 1 aromatic rings. The molecule has 0 bridgehead atoms. The molecule has 0 spiro atoms. The van der Waals surface area contributed by atoms with E-state index in [-0.39, 0.29) is 5.97 Å². The van der Waals surface area contributed by atoms with E-state index in [4.69, 9.17) is 4.74 Å². The first-order valence-corrected chi connectivity index (χ1v) is 8.39. The number of esters is 1. The molecule has 4 nitrogen and oxygen atoms in total. The molecule has 2 rings (SSSR count). The highest BCUT2D eigenvalue weighted by molar-refractivity contribution is 7.13. The summed E-state index contributed by atoms with van der Waals surface area (Å²) in [7, 11) is 0. The van der Waals surface area contributed by atoms with Gasteiger partial charge in [-0.25, -0.2) is 9.78 Å². The molecule has 0 saturated heterocycles. The molecule has 5 heteroatoms. The lowest BCUT2D eigenvalue weighted by Crippen LogP contribution is -2.35. The molecule has 1 fully saturated rings. The highest BCUT2D eigenvalue weighted by Gasteiger charge is 2.28. The van der Waals surface area contributed by atoms with Gasteiger partial charge in [-0.2, -0.15) is 0 Å². The van der Waals surface area contributed by atoms with Crippen LogP contribution < -0.4 is 5.32 Å². The summed E-state index contributed by atoms with van der Waals surface area (Å²) in [4.78, 5) is 16.0. The topological polar surface area (TPSA) is 51.2 Å². The zero-order chi connectivity index (χ0) is 14.5. The third-order valence-electron chi connectivity index (χ3n) is 3.97. The Balaban J connectivity index is 2.00. The van der Waals surface area contributed by atoms with Gasteiger partial charge in [-0.15, -0.1) is 11.3 Å². The number of carbonyl (C=O) groups excluding carboxylic acids is 1. The van der Waals surface area contributed by atoms with E-state index >= 15 is 0 Å². The molecule has 2 atom stereocenters. The quantitative estimate of drug-likeness (QED) is 0.836. The Morgan fingerprint density at radius 3 is 2.95 bits per heavy atom. The van der Waals surface area contributed by atoms with Crippen molar-refractivity contribution in [3.05, 3.63) is 11.1 Å². The number of thiazole rings is 1. The molecule has 0 aliphatic heterocycles. The Hall–Kier alpha value is -1.10. The predicted octanol–water partition coefficient (Wildman–Crippen LogP) is 3.95. The molecular weight excluding hydrogens is 272 g/mol. The summed E-state index contributed by atoms with van der Waals surface area (Å²) in [6, 6.07) is 0.477. The number of aromatic nitrogens is 1. The largest absolute Gasteiger partial charge is 0.461 e. The van der Waals surface area contributed by atoms with Gasteiger partial charge in [0.05, 0.1) is 6.61 Å². The molecule has 1 heterocycles. The van der Waals surface area contributed by atoms with Gasteiger partial charge in [-0.05, 0) is 31.6 Å². The van der Waals surface area contributed by atoms with Gasteiger partial charge in [-0.3, -0.25) is 0 Å². The monoisotopic (exact) mass is 296 g/mol. The number of carbonyl (C=O) groups is 1. The molecule has 0 amide bonds. The van der Waals surface area contributed by atoms with Crippen molar-refractivity contribution in [3.8, 4) is 0 Å². The second-order valence-electron chi connectivity index (χ2n) is 5.70. The van der Waals surface area contributed by atoms with Crippen molar-refractivity contribution < 1.29 is 9.53 Å². The van der Waals surface area contributed by atoms with Crippen LogP contribution in [0.15, 0.2) is 5.38 Å². The standard InChI is InChI=1S/C15H24N2O2S/c1-4-19-14(18)13-9-20-15(17-13)16-12-8-6-5-7-11(12)10(2)3/h9-12H,4-8H2,1-3H3,(H,16,17). The molecule has 1 aliphatic rings. The predicted molar refractivity (Wildman–Crippen MR) is 82.3 cm³/mol. The lowest BCUT2D eigenvalue weighted by atomic mass is 9.78. The Labute approximate surface area is 124 Å². The van der Waals surface area contributed by atoms with Gasteiger partial charge >= 0.3 is 5.97 Å². The van der Waals surface area contributed by atoms with Crippen molar-refractivity contribution in [2.45, 2.75) is 52.5 Å². The molecule has 1 aliphatic carbocycles. The average molecular weight is 296 g/mol. The summed E-state index contributed by atoms with van der Waals surface area (Å²) >= 11 is 1.49. The minimum atomic E-state index is -0.333. The fraction of sp³-hybridized carbons (Fsp3) is 0.733. The van der Waals surface area contributed by atoms with Gasteiger partial charge in [-0.1, -0.05) is 26.7 Å². The average Bonchev–Trinajstić information content (AvgIpc) is 2.88. The van der Waals surface area contributed by atoms with Gasteiger partial charge in [0, 0.05) is 11.4 Å². The molecule has 0 aromatic carbocycles. The van der Waals surface area contributed by atoms with Crippen LogP contribution in [0.2, 0.25) is 0 Å². The Morgan fingerprint density at radius 2 is 2.25 bits per heavy atom. The highest BCUT2D eigenvalue weighted by atomic mass is 32.1. The van der Waals surface area contributed by atoms with Crippen molar-refractivity contribution in [1.29, 1.82) is 0 Å². The van der Waals surface area contributed by atoms with Crippen LogP contribution in [-0.4, -0.2) is 23.6 Å². The van der Waals surface area contributed by atoms with E-state index in [0.29, 0.717) is 30.2 Å².